The fourth-order valence-corrected chi connectivity index (χ4v) is 5.78. The summed E-state index contributed by atoms with van der Waals surface area (Å²) in [7, 11) is -3.43. The van der Waals surface area contributed by atoms with Crippen molar-refractivity contribution in [1.82, 2.24) is 4.31 Å². The molecule has 1 aliphatic heterocycles. The Hall–Kier alpha value is -1.35. The van der Waals surface area contributed by atoms with Gasteiger partial charge >= 0.3 is 0 Å². The van der Waals surface area contributed by atoms with Crippen molar-refractivity contribution in [3.05, 3.63) is 53.0 Å². The van der Waals surface area contributed by atoms with Gasteiger partial charge < -0.3 is 5.32 Å². The van der Waals surface area contributed by atoms with Crippen LogP contribution in [0.2, 0.25) is 0 Å². The quantitative estimate of drug-likeness (QED) is 0.639. The Bertz CT molecular complexity index is 911. The van der Waals surface area contributed by atoms with Gasteiger partial charge in [-0.15, -0.1) is 11.8 Å². The summed E-state index contributed by atoms with van der Waals surface area (Å²) >= 11 is 4.94. The monoisotopic (exact) mass is 468 g/mol. The lowest BCUT2D eigenvalue weighted by atomic mass is 10.3. The van der Waals surface area contributed by atoms with Crippen LogP contribution in [0.15, 0.2) is 62.8 Å². The molecule has 2 aromatic rings. The second-order valence-electron chi connectivity index (χ2n) is 6.32. The molecule has 1 saturated heterocycles. The van der Waals surface area contributed by atoms with Gasteiger partial charge in [-0.25, -0.2) is 8.42 Å². The van der Waals surface area contributed by atoms with Crippen LogP contribution >= 0.6 is 27.7 Å². The van der Waals surface area contributed by atoms with E-state index in [0.717, 1.165) is 22.2 Å². The molecule has 1 heterocycles. The lowest BCUT2D eigenvalue weighted by Gasteiger charge is -2.16. The third kappa shape index (κ3) is 4.93. The molecule has 0 radical (unpaired) electrons. The molecule has 8 heteroatoms. The van der Waals surface area contributed by atoms with Gasteiger partial charge in [-0.2, -0.15) is 4.31 Å². The van der Waals surface area contributed by atoms with Gasteiger partial charge in [0, 0.05) is 28.1 Å². The molecule has 27 heavy (non-hydrogen) atoms. The van der Waals surface area contributed by atoms with Crippen molar-refractivity contribution in [3.63, 3.8) is 0 Å². The van der Waals surface area contributed by atoms with Crippen molar-refractivity contribution >= 4 is 49.3 Å². The van der Waals surface area contributed by atoms with Gasteiger partial charge in [-0.1, -0.05) is 12.1 Å². The first-order valence-corrected chi connectivity index (χ1v) is 11.8. The van der Waals surface area contributed by atoms with E-state index in [4.69, 9.17) is 0 Å². The molecule has 1 aliphatic rings. The molecule has 1 amide bonds. The molecule has 3 rings (SSSR count). The Labute approximate surface area is 172 Å². The van der Waals surface area contributed by atoms with Crippen LogP contribution in [0.4, 0.5) is 5.69 Å². The smallest absolute Gasteiger partial charge is 0.243 e. The Kier molecular flexibility index (Phi) is 6.62. The number of anilines is 1. The fourth-order valence-electron chi connectivity index (χ4n) is 2.82. The SMILES string of the molecule is CC(Sc1ccccc1Br)C(=O)Nc1ccc(S(=O)(=O)N2CCCC2)cc1. The van der Waals surface area contributed by atoms with E-state index < -0.39 is 10.0 Å². The summed E-state index contributed by atoms with van der Waals surface area (Å²) in [6.07, 6.45) is 1.81. The predicted octanol–water partition coefficient (Wildman–Crippen LogP) is 4.35. The number of rotatable bonds is 6. The first kappa shape index (κ1) is 20.4. The maximum Gasteiger partial charge on any atom is 0.243 e. The van der Waals surface area contributed by atoms with Crippen molar-refractivity contribution in [2.24, 2.45) is 0 Å². The van der Waals surface area contributed by atoms with Gasteiger partial charge in [-0.3, -0.25) is 4.79 Å². The van der Waals surface area contributed by atoms with E-state index >= 15 is 0 Å². The van der Waals surface area contributed by atoms with Gasteiger partial charge in [0.25, 0.3) is 0 Å². The van der Waals surface area contributed by atoms with Crippen LogP contribution in [0.5, 0.6) is 0 Å². The predicted molar refractivity (Wildman–Crippen MR) is 113 cm³/mol. The summed E-state index contributed by atoms with van der Waals surface area (Å²) in [5.74, 6) is -0.133. The summed E-state index contributed by atoms with van der Waals surface area (Å²) < 4.78 is 27.5. The van der Waals surface area contributed by atoms with Gasteiger partial charge in [0.15, 0.2) is 0 Å². The highest BCUT2D eigenvalue weighted by atomic mass is 79.9. The van der Waals surface area contributed by atoms with Gasteiger partial charge in [0.05, 0.1) is 10.1 Å². The Morgan fingerprint density at radius 2 is 1.74 bits per heavy atom. The standard InChI is InChI=1S/C19H21BrN2O3S2/c1-14(26-18-7-3-2-6-17(18)20)19(23)21-15-8-10-16(11-9-15)27(24,25)22-12-4-5-13-22/h2-3,6-11,14H,4-5,12-13H2,1H3,(H,21,23). The lowest BCUT2D eigenvalue weighted by molar-refractivity contribution is -0.115. The number of carbonyl (C=O) groups excluding carboxylic acids is 1. The zero-order chi connectivity index (χ0) is 19.4. The molecule has 5 nitrogen and oxygen atoms in total. The minimum atomic E-state index is -3.43. The van der Waals surface area contributed by atoms with Crippen molar-refractivity contribution in [1.29, 1.82) is 0 Å². The third-order valence-corrected chi connectivity index (χ3v) is 8.38. The molecule has 1 fully saturated rings. The number of hydrogen-bond donors (Lipinski definition) is 1. The van der Waals surface area contributed by atoms with E-state index in [1.54, 1.807) is 24.3 Å². The molecule has 0 aliphatic carbocycles. The van der Waals surface area contributed by atoms with Crippen molar-refractivity contribution < 1.29 is 13.2 Å². The molecule has 144 valence electrons. The van der Waals surface area contributed by atoms with Crippen LogP contribution in [-0.2, 0) is 14.8 Å². The zero-order valence-corrected chi connectivity index (χ0v) is 18.1. The Morgan fingerprint density at radius 1 is 1.11 bits per heavy atom. The van der Waals surface area contributed by atoms with E-state index in [2.05, 4.69) is 21.2 Å². The molecule has 1 unspecified atom stereocenters. The molecular weight excluding hydrogens is 448 g/mol. The molecule has 2 aromatic carbocycles. The molecule has 0 spiro atoms. The highest BCUT2D eigenvalue weighted by Crippen LogP contribution is 2.31. The molecular formula is C19H21BrN2O3S2. The number of hydrogen-bond acceptors (Lipinski definition) is 4. The maximum atomic E-state index is 12.5. The van der Waals surface area contributed by atoms with Crippen molar-refractivity contribution in [3.8, 4) is 0 Å². The number of sulfonamides is 1. The van der Waals surface area contributed by atoms with E-state index in [1.165, 1.54) is 16.1 Å². The number of amides is 1. The molecule has 1 N–H and O–H groups in total. The minimum absolute atomic E-state index is 0.133. The summed E-state index contributed by atoms with van der Waals surface area (Å²) in [4.78, 5) is 13.7. The zero-order valence-electron chi connectivity index (χ0n) is 14.9. The Balaban J connectivity index is 1.64. The average Bonchev–Trinajstić information content (AvgIpc) is 3.19. The summed E-state index contributed by atoms with van der Waals surface area (Å²) in [6, 6.07) is 14.1. The molecule has 0 bridgehead atoms. The van der Waals surface area contributed by atoms with Crippen molar-refractivity contribution in [2.75, 3.05) is 18.4 Å². The van der Waals surface area contributed by atoms with Crippen LogP contribution in [0.25, 0.3) is 0 Å². The topological polar surface area (TPSA) is 66.5 Å². The van der Waals surface area contributed by atoms with Gasteiger partial charge in [0.1, 0.15) is 0 Å². The second kappa shape index (κ2) is 8.77. The van der Waals surface area contributed by atoms with Crippen LogP contribution in [-0.4, -0.2) is 37.0 Å². The normalized spacial score (nSPS) is 16.2. The maximum absolute atomic E-state index is 12.5. The van der Waals surface area contributed by atoms with E-state index in [9.17, 15) is 13.2 Å². The number of thioether (sulfide) groups is 1. The molecule has 0 saturated carbocycles. The van der Waals surface area contributed by atoms with Crippen LogP contribution in [0, 0.1) is 0 Å². The van der Waals surface area contributed by atoms with Crippen LogP contribution in [0.1, 0.15) is 19.8 Å². The molecule has 0 aromatic heterocycles. The molecule has 1 atom stereocenters. The fraction of sp³-hybridized carbons (Fsp3) is 0.316. The van der Waals surface area contributed by atoms with Gasteiger partial charge in [0.2, 0.25) is 15.9 Å². The number of nitrogens with one attached hydrogen (secondary N) is 1. The lowest BCUT2D eigenvalue weighted by Crippen LogP contribution is -2.27. The minimum Gasteiger partial charge on any atom is -0.325 e. The third-order valence-electron chi connectivity index (χ3n) is 4.33. The van der Waals surface area contributed by atoms with E-state index in [1.807, 2.05) is 31.2 Å². The second-order valence-corrected chi connectivity index (χ2v) is 10.5. The first-order valence-electron chi connectivity index (χ1n) is 8.70. The average molecular weight is 469 g/mol. The number of carbonyl (C=O) groups is 1. The first-order chi connectivity index (χ1) is 12.9. The summed E-state index contributed by atoms with van der Waals surface area (Å²) in [6.45, 7) is 2.99. The van der Waals surface area contributed by atoms with E-state index in [0.29, 0.717) is 18.8 Å². The summed E-state index contributed by atoms with van der Waals surface area (Å²) in [5, 5.41) is 2.55. The van der Waals surface area contributed by atoms with Gasteiger partial charge in [-0.05, 0) is 72.1 Å². The van der Waals surface area contributed by atoms with Crippen molar-refractivity contribution in [2.45, 2.75) is 34.8 Å². The number of halogens is 1. The highest BCUT2D eigenvalue weighted by molar-refractivity contribution is 9.10. The highest BCUT2D eigenvalue weighted by Gasteiger charge is 2.27. The number of nitrogens with zero attached hydrogens (tertiary/aromatic N) is 1. The largest absolute Gasteiger partial charge is 0.325 e. The van der Waals surface area contributed by atoms with Crippen LogP contribution < -0.4 is 5.32 Å². The van der Waals surface area contributed by atoms with Crippen LogP contribution in [0.3, 0.4) is 0 Å². The number of benzene rings is 2. The summed E-state index contributed by atoms with van der Waals surface area (Å²) in [5.41, 5.74) is 0.583. The van der Waals surface area contributed by atoms with E-state index in [-0.39, 0.29) is 16.1 Å². The Morgan fingerprint density at radius 3 is 2.37 bits per heavy atom.